The van der Waals surface area contributed by atoms with Gasteiger partial charge < -0.3 is 35.2 Å². The van der Waals surface area contributed by atoms with Crippen molar-refractivity contribution in [2.75, 3.05) is 46.9 Å². The minimum absolute atomic E-state index is 0.0124. The zero-order valence-corrected chi connectivity index (χ0v) is 27.9. The number of alkyl halides is 3. The summed E-state index contributed by atoms with van der Waals surface area (Å²) in [4.78, 5) is 39.0. The summed E-state index contributed by atoms with van der Waals surface area (Å²) in [6, 6.07) is 10.6. The Kier molecular flexibility index (Phi) is 14.0. The quantitative estimate of drug-likeness (QED) is 0.377. The summed E-state index contributed by atoms with van der Waals surface area (Å²) in [5.41, 5.74) is 1.58. The van der Waals surface area contributed by atoms with Gasteiger partial charge in [-0.2, -0.15) is 13.2 Å². The smallest absolute Gasteiger partial charge is 0.416 e. The van der Waals surface area contributed by atoms with Gasteiger partial charge in [-0.05, 0) is 48.7 Å². The van der Waals surface area contributed by atoms with E-state index in [0.717, 1.165) is 42.9 Å². The van der Waals surface area contributed by atoms with Crippen LogP contribution >= 0.6 is 0 Å². The summed E-state index contributed by atoms with van der Waals surface area (Å²) in [5, 5.41) is 8.18. The molecule has 0 saturated carbocycles. The van der Waals surface area contributed by atoms with E-state index in [2.05, 4.69) is 28.9 Å². The van der Waals surface area contributed by atoms with E-state index in [1.165, 1.54) is 17.7 Å². The number of carbonyl (C=O) groups is 3. The van der Waals surface area contributed by atoms with Gasteiger partial charge in [-0.25, -0.2) is 9.59 Å². The summed E-state index contributed by atoms with van der Waals surface area (Å²) in [7, 11) is 3.19. The lowest BCUT2D eigenvalue weighted by molar-refractivity contribution is -0.137. The molecule has 2 unspecified atom stereocenters. The molecule has 3 aliphatic rings. The molecule has 3 heterocycles. The van der Waals surface area contributed by atoms with Crippen LogP contribution in [-0.4, -0.2) is 80.8 Å². The van der Waals surface area contributed by atoms with Gasteiger partial charge in [-0.1, -0.05) is 32.9 Å². The highest BCUT2D eigenvalue weighted by Gasteiger charge is 2.31. The molecule has 2 saturated heterocycles. The molecule has 5 rings (SSSR count). The Morgan fingerprint density at radius 3 is 2.17 bits per heavy atom. The minimum Gasteiger partial charge on any atom is -0.493 e. The maximum absolute atomic E-state index is 12.4. The normalized spacial score (nSPS) is 19.1. The van der Waals surface area contributed by atoms with Gasteiger partial charge in [0, 0.05) is 71.1 Å². The number of urea groups is 2. The van der Waals surface area contributed by atoms with E-state index in [9.17, 15) is 27.6 Å². The van der Waals surface area contributed by atoms with Crippen molar-refractivity contribution in [1.82, 2.24) is 25.8 Å². The van der Waals surface area contributed by atoms with E-state index in [-0.39, 0.29) is 30.0 Å². The number of piperidine rings is 2. The average molecular weight is 664 g/mol. The third-order valence-electron chi connectivity index (χ3n) is 8.29. The molecule has 0 bridgehead atoms. The van der Waals surface area contributed by atoms with Crippen LogP contribution in [0.25, 0.3) is 0 Å². The van der Waals surface area contributed by atoms with Gasteiger partial charge >= 0.3 is 18.2 Å². The molecule has 3 aliphatic heterocycles. The Morgan fingerprint density at radius 1 is 0.915 bits per heavy atom. The predicted molar refractivity (Wildman–Crippen MR) is 173 cm³/mol. The van der Waals surface area contributed by atoms with Crippen LogP contribution in [0.3, 0.4) is 0 Å². The van der Waals surface area contributed by atoms with E-state index >= 15 is 0 Å². The first kappa shape index (κ1) is 37.3. The number of likely N-dealkylation sites (tertiary alicyclic amines) is 2. The molecule has 2 aromatic carbocycles. The zero-order valence-electron chi connectivity index (χ0n) is 27.9. The second-order valence-corrected chi connectivity index (χ2v) is 11.5. The largest absolute Gasteiger partial charge is 0.493 e. The van der Waals surface area contributed by atoms with E-state index in [1.54, 1.807) is 23.9 Å². The maximum Gasteiger partial charge on any atom is 0.416 e. The van der Waals surface area contributed by atoms with Gasteiger partial charge in [0.15, 0.2) is 0 Å². The molecule has 0 aromatic heterocycles. The van der Waals surface area contributed by atoms with Gasteiger partial charge in [-0.3, -0.25) is 4.79 Å². The van der Waals surface area contributed by atoms with Gasteiger partial charge in [-0.15, -0.1) is 0 Å². The third kappa shape index (κ3) is 10.7. The fourth-order valence-electron chi connectivity index (χ4n) is 5.64. The summed E-state index contributed by atoms with van der Waals surface area (Å²) in [6.45, 7) is 9.70. The van der Waals surface area contributed by atoms with Gasteiger partial charge in [0.1, 0.15) is 17.6 Å². The molecule has 47 heavy (non-hydrogen) atoms. The summed E-state index contributed by atoms with van der Waals surface area (Å²) >= 11 is 0. The second-order valence-electron chi connectivity index (χ2n) is 11.5. The number of halogens is 3. The lowest BCUT2D eigenvalue weighted by Crippen LogP contribution is -2.48. The monoisotopic (exact) mass is 663 g/mol. The number of carbonyl (C=O) groups excluding carboxylic acids is 3. The Hall–Kier alpha value is -4.16. The molecule has 2 fully saturated rings. The number of ether oxygens (including phenoxy) is 2. The number of nitrogens with one attached hydrogen (secondary N) is 3. The molecule has 260 valence electrons. The molecular weight excluding hydrogens is 615 g/mol. The number of nitrogens with zero attached hydrogens (tertiary/aromatic N) is 2. The Balaban J connectivity index is 0.000000245. The topological polar surface area (TPSA) is 112 Å². The highest BCUT2D eigenvalue weighted by molar-refractivity contribution is 5.80. The van der Waals surface area contributed by atoms with E-state index in [0.29, 0.717) is 57.2 Å². The Labute approximate surface area is 275 Å². The molecule has 5 amide bonds. The first-order chi connectivity index (χ1) is 22.5. The summed E-state index contributed by atoms with van der Waals surface area (Å²) in [6.07, 6.45) is -1.41. The van der Waals surface area contributed by atoms with Crippen LogP contribution in [0.4, 0.5) is 22.8 Å². The van der Waals surface area contributed by atoms with Crippen molar-refractivity contribution < 1.29 is 37.0 Å². The number of amides is 5. The number of fused-ring (bicyclic) bond motifs is 1. The highest BCUT2D eigenvalue weighted by Crippen LogP contribution is 2.34. The van der Waals surface area contributed by atoms with E-state index in [1.807, 2.05) is 26.0 Å². The van der Waals surface area contributed by atoms with Crippen molar-refractivity contribution >= 4 is 18.0 Å². The first-order valence-electron chi connectivity index (χ1n) is 16.3. The summed E-state index contributed by atoms with van der Waals surface area (Å²) in [5.74, 6) is 1.65. The van der Waals surface area contributed by atoms with E-state index in [4.69, 9.17) is 9.47 Å². The number of hydrogen-bond donors (Lipinski definition) is 3. The van der Waals surface area contributed by atoms with Gasteiger partial charge in [0.25, 0.3) is 0 Å². The van der Waals surface area contributed by atoms with E-state index < -0.39 is 11.7 Å². The van der Waals surface area contributed by atoms with Crippen LogP contribution in [0, 0.1) is 5.92 Å². The molecule has 10 nitrogen and oxygen atoms in total. The van der Waals surface area contributed by atoms with Crippen molar-refractivity contribution in [3.05, 3.63) is 59.2 Å². The highest BCUT2D eigenvalue weighted by atomic mass is 19.4. The fourth-order valence-corrected chi connectivity index (χ4v) is 5.64. The maximum atomic E-state index is 12.4. The number of benzene rings is 2. The molecular formula is C34H48F3N5O5. The average Bonchev–Trinajstić information content (AvgIpc) is 3.47. The van der Waals surface area contributed by atoms with Crippen molar-refractivity contribution in [3.63, 3.8) is 0 Å². The molecule has 0 radical (unpaired) electrons. The van der Waals surface area contributed by atoms with Gasteiger partial charge in [0.05, 0.1) is 18.1 Å². The Morgan fingerprint density at radius 2 is 1.55 bits per heavy atom. The van der Waals surface area contributed by atoms with Crippen LogP contribution in [0.15, 0.2) is 42.5 Å². The lowest BCUT2D eigenvalue weighted by Gasteiger charge is -2.31. The molecule has 3 N–H and O–H groups in total. The predicted octanol–water partition coefficient (Wildman–Crippen LogP) is 5.76. The number of rotatable bonds is 5. The molecule has 13 heteroatoms. The van der Waals surface area contributed by atoms with Crippen LogP contribution in [-0.2, 0) is 17.5 Å². The lowest BCUT2D eigenvalue weighted by atomic mass is 9.97. The molecule has 0 spiro atoms. The van der Waals surface area contributed by atoms with Crippen molar-refractivity contribution in [2.45, 2.75) is 71.2 Å². The fraction of sp³-hybridized carbons (Fsp3) is 0.559. The van der Waals surface area contributed by atoms with Crippen molar-refractivity contribution in [2.24, 2.45) is 5.92 Å². The zero-order chi connectivity index (χ0) is 34.6. The molecule has 2 atom stereocenters. The first-order valence-corrected chi connectivity index (χ1v) is 16.3. The van der Waals surface area contributed by atoms with Gasteiger partial charge in [0.2, 0.25) is 5.91 Å². The van der Waals surface area contributed by atoms with Crippen LogP contribution < -0.4 is 25.4 Å². The summed E-state index contributed by atoms with van der Waals surface area (Å²) < 4.78 is 48.7. The SMILES string of the molecule is CC.CNC(=O)N1CCC(Oc2ccc(C(F)(F)F)cc2)CC1.CNC(=O)N1CCCC(C(=O)NCc2ccc3c(c2)OCC3C)C1. The second kappa shape index (κ2) is 17.7. The Bertz CT molecular complexity index is 1320. The van der Waals surface area contributed by atoms with Crippen LogP contribution in [0.5, 0.6) is 11.5 Å². The van der Waals surface area contributed by atoms with Crippen LogP contribution in [0.2, 0.25) is 0 Å². The van der Waals surface area contributed by atoms with Crippen LogP contribution in [0.1, 0.15) is 69.1 Å². The standard InChI is InChI=1S/C18H25N3O3.C14H17F3N2O2.C2H6/c1-12-11-24-16-8-13(5-6-15(12)16)9-20-17(22)14-4-3-7-21(10-14)18(23)19-2;1-18-13(20)19-8-6-12(7-9-19)21-11-4-2-10(3-5-11)14(15,16)17;1-2/h5-6,8,12,14H,3-4,7,9-11H2,1-2H3,(H,19,23)(H,20,22);2-5,12H,6-9H2,1H3,(H,18,20);1-2H3. The number of hydrogen-bond acceptors (Lipinski definition) is 5. The molecule has 0 aliphatic carbocycles. The van der Waals surface area contributed by atoms with Crippen molar-refractivity contribution in [1.29, 1.82) is 0 Å². The minimum atomic E-state index is -4.34. The third-order valence-corrected chi connectivity index (χ3v) is 8.29. The van der Waals surface area contributed by atoms with Crippen molar-refractivity contribution in [3.8, 4) is 11.5 Å². The molecule has 2 aromatic rings.